The number of carboxylic acids is 1. The van der Waals surface area contributed by atoms with Crippen LogP contribution in [-0.4, -0.2) is 29.6 Å². The van der Waals surface area contributed by atoms with Crippen molar-refractivity contribution in [3.63, 3.8) is 0 Å². The molecule has 0 aliphatic heterocycles. The number of fused-ring (bicyclic) bond motifs is 1. The number of carbonyl (C=O) groups is 2. The van der Waals surface area contributed by atoms with E-state index >= 15 is 0 Å². The van der Waals surface area contributed by atoms with Crippen LogP contribution in [-0.2, 0) is 16.0 Å². The van der Waals surface area contributed by atoms with Gasteiger partial charge in [0.15, 0.2) is 0 Å². The molecule has 2 rings (SSSR count). The Labute approximate surface area is 148 Å². The molecule has 2 aromatic rings. The van der Waals surface area contributed by atoms with E-state index in [1.807, 2.05) is 25.1 Å². The summed E-state index contributed by atoms with van der Waals surface area (Å²) in [6.07, 6.45) is 2.53. The van der Waals surface area contributed by atoms with E-state index in [0.29, 0.717) is 25.8 Å². The molecule has 2 aromatic carbocycles. The van der Waals surface area contributed by atoms with Crippen molar-refractivity contribution in [3.05, 3.63) is 48.0 Å². The Hall–Kier alpha value is -2.40. The van der Waals surface area contributed by atoms with Gasteiger partial charge in [-0.2, -0.15) is 0 Å². The molecular weight excluding hydrogens is 316 g/mol. The topological polar surface area (TPSA) is 92.4 Å². The standard InChI is InChI=1S/C20H26N2O3/c1-14(19(23)22-12-5-4-11-18(21)20(24)25)13-16-9-6-8-15-7-2-3-10-17(15)16/h2-3,6-10,14,18H,4-5,11-13,21H2,1H3,(H,22,23)(H,24,25). The Morgan fingerprint density at radius 2 is 1.84 bits per heavy atom. The van der Waals surface area contributed by atoms with Gasteiger partial charge in [-0.05, 0) is 42.0 Å². The van der Waals surface area contributed by atoms with E-state index in [4.69, 9.17) is 10.8 Å². The van der Waals surface area contributed by atoms with E-state index in [-0.39, 0.29) is 11.8 Å². The van der Waals surface area contributed by atoms with Gasteiger partial charge in [-0.1, -0.05) is 49.4 Å². The highest BCUT2D eigenvalue weighted by Gasteiger charge is 2.15. The van der Waals surface area contributed by atoms with Crippen LogP contribution in [0.1, 0.15) is 31.7 Å². The first kappa shape index (κ1) is 18.9. The molecule has 0 radical (unpaired) electrons. The van der Waals surface area contributed by atoms with Gasteiger partial charge < -0.3 is 16.2 Å². The smallest absolute Gasteiger partial charge is 0.320 e. The molecule has 134 valence electrons. The number of amides is 1. The molecule has 0 bridgehead atoms. The zero-order chi connectivity index (χ0) is 18.2. The molecule has 0 saturated carbocycles. The Balaban J connectivity index is 1.79. The largest absolute Gasteiger partial charge is 0.480 e. The summed E-state index contributed by atoms with van der Waals surface area (Å²) in [5.41, 5.74) is 6.63. The van der Waals surface area contributed by atoms with Crippen LogP contribution in [0.2, 0.25) is 0 Å². The summed E-state index contributed by atoms with van der Waals surface area (Å²) < 4.78 is 0. The van der Waals surface area contributed by atoms with Crippen LogP contribution >= 0.6 is 0 Å². The zero-order valence-corrected chi connectivity index (χ0v) is 14.6. The number of nitrogens with two attached hydrogens (primary N) is 1. The van der Waals surface area contributed by atoms with Gasteiger partial charge in [0.25, 0.3) is 0 Å². The second-order valence-corrected chi connectivity index (χ2v) is 6.47. The van der Waals surface area contributed by atoms with E-state index in [1.54, 1.807) is 0 Å². The summed E-state index contributed by atoms with van der Waals surface area (Å²) in [6.45, 7) is 2.47. The zero-order valence-electron chi connectivity index (χ0n) is 14.6. The lowest BCUT2D eigenvalue weighted by atomic mass is 9.95. The first-order valence-electron chi connectivity index (χ1n) is 8.71. The van der Waals surface area contributed by atoms with Gasteiger partial charge in [-0.3, -0.25) is 9.59 Å². The summed E-state index contributed by atoms with van der Waals surface area (Å²) in [6, 6.07) is 13.5. The monoisotopic (exact) mass is 342 g/mol. The van der Waals surface area contributed by atoms with Crippen LogP contribution in [0.3, 0.4) is 0 Å². The summed E-state index contributed by atoms with van der Waals surface area (Å²) in [4.78, 5) is 22.9. The first-order valence-corrected chi connectivity index (χ1v) is 8.71. The molecule has 0 aromatic heterocycles. The third kappa shape index (κ3) is 5.57. The Bertz CT molecular complexity index is 724. The minimum absolute atomic E-state index is 0.0236. The highest BCUT2D eigenvalue weighted by atomic mass is 16.4. The third-order valence-electron chi connectivity index (χ3n) is 4.41. The van der Waals surface area contributed by atoms with Crippen molar-refractivity contribution < 1.29 is 14.7 Å². The summed E-state index contributed by atoms with van der Waals surface area (Å²) in [7, 11) is 0. The predicted molar refractivity (Wildman–Crippen MR) is 99.3 cm³/mol. The van der Waals surface area contributed by atoms with Gasteiger partial charge in [-0.15, -0.1) is 0 Å². The van der Waals surface area contributed by atoms with Crippen molar-refractivity contribution in [2.45, 2.75) is 38.6 Å². The number of aliphatic carboxylic acids is 1. The lowest BCUT2D eigenvalue weighted by Gasteiger charge is -2.14. The number of hydrogen-bond donors (Lipinski definition) is 3. The number of rotatable bonds is 9. The molecule has 0 heterocycles. The molecule has 2 unspecified atom stereocenters. The Morgan fingerprint density at radius 1 is 1.12 bits per heavy atom. The highest BCUT2D eigenvalue weighted by Crippen LogP contribution is 2.21. The van der Waals surface area contributed by atoms with Crippen LogP contribution in [0.25, 0.3) is 10.8 Å². The Kier molecular flexibility index (Phi) is 6.95. The fourth-order valence-corrected chi connectivity index (χ4v) is 2.89. The quantitative estimate of drug-likeness (QED) is 0.611. The molecule has 2 atom stereocenters. The minimum atomic E-state index is -0.979. The van der Waals surface area contributed by atoms with Gasteiger partial charge in [0.2, 0.25) is 5.91 Å². The molecule has 4 N–H and O–H groups in total. The average molecular weight is 342 g/mol. The van der Waals surface area contributed by atoms with Crippen molar-refractivity contribution >= 4 is 22.6 Å². The second kappa shape index (κ2) is 9.18. The van der Waals surface area contributed by atoms with Crippen molar-refractivity contribution in [1.29, 1.82) is 0 Å². The number of carboxylic acid groups (broad SMARTS) is 1. The maximum Gasteiger partial charge on any atom is 0.320 e. The lowest BCUT2D eigenvalue weighted by molar-refractivity contribution is -0.138. The number of hydrogen-bond acceptors (Lipinski definition) is 3. The summed E-state index contributed by atoms with van der Waals surface area (Å²) in [5.74, 6) is -1.07. The minimum Gasteiger partial charge on any atom is -0.480 e. The number of unbranched alkanes of at least 4 members (excludes halogenated alkanes) is 1. The molecule has 0 aliphatic rings. The van der Waals surface area contributed by atoms with Crippen molar-refractivity contribution in [2.24, 2.45) is 11.7 Å². The van der Waals surface area contributed by atoms with Crippen LogP contribution < -0.4 is 11.1 Å². The first-order chi connectivity index (χ1) is 12.0. The van der Waals surface area contributed by atoms with Gasteiger partial charge in [0.1, 0.15) is 6.04 Å². The van der Waals surface area contributed by atoms with E-state index in [2.05, 4.69) is 29.6 Å². The van der Waals surface area contributed by atoms with Crippen molar-refractivity contribution in [2.75, 3.05) is 6.54 Å². The average Bonchev–Trinajstić information content (AvgIpc) is 2.61. The van der Waals surface area contributed by atoms with Crippen molar-refractivity contribution in [3.8, 4) is 0 Å². The van der Waals surface area contributed by atoms with E-state index in [1.165, 1.54) is 16.3 Å². The number of benzene rings is 2. The third-order valence-corrected chi connectivity index (χ3v) is 4.41. The van der Waals surface area contributed by atoms with Crippen LogP contribution in [0.5, 0.6) is 0 Å². The summed E-state index contributed by atoms with van der Waals surface area (Å²) in [5, 5.41) is 14.0. The lowest BCUT2D eigenvalue weighted by Crippen LogP contribution is -2.32. The van der Waals surface area contributed by atoms with Gasteiger partial charge in [0, 0.05) is 12.5 Å². The van der Waals surface area contributed by atoms with Crippen molar-refractivity contribution in [1.82, 2.24) is 5.32 Å². The molecule has 25 heavy (non-hydrogen) atoms. The van der Waals surface area contributed by atoms with E-state index in [9.17, 15) is 9.59 Å². The van der Waals surface area contributed by atoms with E-state index in [0.717, 1.165) is 6.42 Å². The van der Waals surface area contributed by atoms with Crippen LogP contribution in [0, 0.1) is 5.92 Å². The maximum atomic E-state index is 12.3. The van der Waals surface area contributed by atoms with Crippen LogP contribution in [0.15, 0.2) is 42.5 Å². The van der Waals surface area contributed by atoms with Gasteiger partial charge >= 0.3 is 5.97 Å². The van der Waals surface area contributed by atoms with Gasteiger partial charge in [0.05, 0.1) is 0 Å². The fraction of sp³-hybridized carbons (Fsp3) is 0.400. The molecule has 0 fully saturated rings. The maximum absolute atomic E-state index is 12.3. The molecular formula is C20H26N2O3. The molecule has 5 heteroatoms. The number of nitrogens with one attached hydrogen (secondary N) is 1. The molecule has 0 spiro atoms. The van der Waals surface area contributed by atoms with E-state index < -0.39 is 12.0 Å². The highest BCUT2D eigenvalue weighted by molar-refractivity contribution is 5.86. The van der Waals surface area contributed by atoms with Gasteiger partial charge in [-0.25, -0.2) is 0 Å². The van der Waals surface area contributed by atoms with Crippen LogP contribution in [0.4, 0.5) is 0 Å². The predicted octanol–water partition coefficient (Wildman–Crippen LogP) is 2.72. The Morgan fingerprint density at radius 3 is 2.60 bits per heavy atom. The molecule has 0 aliphatic carbocycles. The summed E-state index contributed by atoms with van der Waals surface area (Å²) >= 11 is 0. The fourth-order valence-electron chi connectivity index (χ4n) is 2.89. The molecule has 0 saturated heterocycles. The molecule has 1 amide bonds. The number of carbonyl (C=O) groups excluding carboxylic acids is 1. The molecule has 5 nitrogen and oxygen atoms in total. The SMILES string of the molecule is CC(Cc1cccc2ccccc12)C(=O)NCCCCC(N)C(=O)O. The normalized spacial score (nSPS) is 13.4. The second-order valence-electron chi connectivity index (χ2n) is 6.47.